The van der Waals surface area contributed by atoms with E-state index in [1.54, 1.807) is 0 Å². The minimum atomic E-state index is 0.590. The summed E-state index contributed by atoms with van der Waals surface area (Å²) in [7, 11) is 2.11. The van der Waals surface area contributed by atoms with E-state index in [-0.39, 0.29) is 0 Å². The molecule has 1 unspecified atom stereocenters. The molecule has 1 aliphatic heterocycles. The van der Waals surface area contributed by atoms with E-state index >= 15 is 0 Å². The van der Waals surface area contributed by atoms with Crippen molar-refractivity contribution in [3.8, 4) is 0 Å². The SMILES string of the molecule is C=C1C(C)CCc2ccccc2N1C. The van der Waals surface area contributed by atoms with Crippen LogP contribution in [0.5, 0.6) is 0 Å². The first-order valence-corrected chi connectivity index (χ1v) is 5.20. The van der Waals surface area contributed by atoms with Crippen LogP contribution in [-0.4, -0.2) is 7.05 Å². The molecule has 1 heterocycles. The van der Waals surface area contributed by atoms with E-state index in [1.165, 1.54) is 29.8 Å². The molecule has 0 aromatic heterocycles. The van der Waals surface area contributed by atoms with Crippen molar-refractivity contribution in [2.45, 2.75) is 19.8 Å². The molecule has 0 amide bonds. The van der Waals surface area contributed by atoms with Gasteiger partial charge in [-0.2, -0.15) is 0 Å². The van der Waals surface area contributed by atoms with Gasteiger partial charge in [0, 0.05) is 18.4 Å². The van der Waals surface area contributed by atoms with Crippen LogP contribution in [0.4, 0.5) is 5.69 Å². The fourth-order valence-corrected chi connectivity index (χ4v) is 2.07. The molecule has 0 saturated carbocycles. The Labute approximate surface area is 86.1 Å². The van der Waals surface area contributed by atoms with Crippen LogP contribution in [0.1, 0.15) is 18.9 Å². The number of nitrogens with zero attached hydrogens (tertiary/aromatic N) is 1. The lowest BCUT2D eigenvalue weighted by Gasteiger charge is -2.24. The van der Waals surface area contributed by atoms with Crippen LogP contribution in [-0.2, 0) is 6.42 Å². The van der Waals surface area contributed by atoms with Crippen LogP contribution in [0.25, 0.3) is 0 Å². The highest BCUT2D eigenvalue weighted by atomic mass is 15.1. The van der Waals surface area contributed by atoms with Gasteiger partial charge in [-0.15, -0.1) is 0 Å². The third-order valence-electron chi connectivity index (χ3n) is 3.20. The van der Waals surface area contributed by atoms with Crippen LogP contribution >= 0.6 is 0 Å². The molecule has 1 heteroatoms. The Morgan fingerprint density at radius 3 is 2.86 bits per heavy atom. The summed E-state index contributed by atoms with van der Waals surface area (Å²) in [5.74, 6) is 0.590. The topological polar surface area (TPSA) is 3.24 Å². The summed E-state index contributed by atoms with van der Waals surface area (Å²) < 4.78 is 0. The van der Waals surface area contributed by atoms with E-state index < -0.39 is 0 Å². The molecule has 1 aliphatic rings. The smallest absolute Gasteiger partial charge is 0.0438 e. The molecule has 0 bridgehead atoms. The number of para-hydroxylation sites is 1. The third-order valence-corrected chi connectivity index (χ3v) is 3.20. The third kappa shape index (κ3) is 1.43. The van der Waals surface area contributed by atoms with Crippen molar-refractivity contribution in [3.05, 3.63) is 42.1 Å². The first-order chi connectivity index (χ1) is 6.70. The predicted octanol–water partition coefficient (Wildman–Crippen LogP) is 3.22. The van der Waals surface area contributed by atoms with Crippen molar-refractivity contribution < 1.29 is 0 Å². The maximum absolute atomic E-state index is 4.16. The number of allylic oxidation sites excluding steroid dienone is 1. The van der Waals surface area contributed by atoms with E-state index in [0.717, 1.165) is 0 Å². The van der Waals surface area contributed by atoms with Crippen molar-refractivity contribution in [2.75, 3.05) is 11.9 Å². The number of anilines is 1. The number of hydrogen-bond donors (Lipinski definition) is 0. The lowest BCUT2D eigenvalue weighted by atomic mass is 10.0. The van der Waals surface area contributed by atoms with Gasteiger partial charge in [0.1, 0.15) is 0 Å². The Balaban J connectivity index is 2.45. The van der Waals surface area contributed by atoms with E-state index in [2.05, 4.69) is 49.7 Å². The van der Waals surface area contributed by atoms with Gasteiger partial charge >= 0.3 is 0 Å². The monoisotopic (exact) mass is 187 g/mol. The lowest BCUT2D eigenvalue weighted by Crippen LogP contribution is -2.19. The average molecular weight is 187 g/mol. The van der Waals surface area contributed by atoms with Crippen molar-refractivity contribution in [3.63, 3.8) is 0 Å². The van der Waals surface area contributed by atoms with Gasteiger partial charge in [-0.05, 0) is 30.4 Å². The first-order valence-electron chi connectivity index (χ1n) is 5.20. The Kier molecular flexibility index (Phi) is 2.32. The molecule has 1 aromatic carbocycles. The summed E-state index contributed by atoms with van der Waals surface area (Å²) in [6.45, 7) is 6.42. The highest BCUT2D eigenvalue weighted by Crippen LogP contribution is 2.32. The van der Waals surface area contributed by atoms with Crippen LogP contribution in [0.2, 0.25) is 0 Å². The molecule has 0 fully saturated rings. The van der Waals surface area contributed by atoms with E-state index in [0.29, 0.717) is 5.92 Å². The summed E-state index contributed by atoms with van der Waals surface area (Å²) in [6, 6.07) is 8.61. The molecule has 0 aliphatic carbocycles. The van der Waals surface area contributed by atoms with E-state index in [9.17, 15) is 0 Å². The lowest BCUT2D eigenvalue weighted by molar-refractivity contribution is 0.615. The van der Waals surface area contributed by atoms with Gasteiger partial charge in [-0.25, -0.2) is 0 Å². The molecule has 0 spiro atoms. The van der Waals surface area contributed by atoms with Gasteiger partial charge in [0.05, 0.1) is 0 Å². The number of fused-ring (bicyclic) bond motifs is 1. The largest absolute Gasteiger partial charge is 0.348 e. The fourth-order valence-electron chi connectivity index (χ4n) is 2.07. The predicted molar refractivity (Wildman–Crippen MR) is 61.5 cm³/mol. The van der Waals surface area contributed by atoms with E-state index in [1.807, 2.05) is 0 Å². The summed E-state index contributed by atoms with van der Waals surface area (Å²) in [5.41, 5.74) is 4.00. The van der Waals surface area contributed by atoms with Crippen LogP contribution in [0.3, 0.4) is 0 Å². The van der Waals surface area contributed by atoms with Gasteiger partial charge < -0.3 is 4.90 Å². The number of hydrogen-bond acceptors (Lipinski definition) is 1. The summed E-state index contributed by atoms with van der Waals surface area (Å²) in [4.78, 5) is 2.23. The van der Waals surface area contributed by atoms with E-state index in [4.69, 9.17) is 0 Å². The summed E-state index contributed by atoms with van der Waals surface area (Å²) >= 11 is 0. The Morgan fingerprint density at radius 1 is 1.36 bits per heavy atom. The van der Waals surface area contributed by atoms with Crippen molar-refractivity contribution in [2.24, 2.45) is 5.92 Å². The Hall–Kier alpha value is -1.24. The van der Waals surface area contributed by atoms with Crippen LogP contribution in [0.15, 0.2) is 36.5 Å². The zero-order valence-electron chi connectivity index (χ0n) is 8.96. The second-order valence-electron chi connectivity index (χ2n) is 4.12. The fraction of sp³-hybridized carbons (Fsp3) is 0.385. The molecular formula is C13H17N. The molecule has 0 radical (unpaired) electrons. The maximum atomic E-state index is 4.16. The Bertz CT molecular complexity index is 354. The quantitative estimate of drug-likeness (QED) is 0.602. The molecule has 14 heavy (non-hydrogen) atoms. The highest BCUT2D eigenvalue weighted by molar-refractivity contribution is 5.58. The molecular weight excluding hydrogens is 170 g/mol. The highest BCUT2D eigenvalue weighted by Gasteiger charge is 2.19. The maximum Gasteiger partial charge on any atom is 0.0438 e. The van der Waals surface area contributed by atoms with Crippen molar-refractivity contribution in [1.82, 2.24) is 0 Å². The molecule has 1 atom stereocenters. The second-order valence-corrected chi connectivity index (χ2v) is 4.12. The van der Waals surface area contributed by atoms with Gasteiger partial charge in [0.2, 0.25) is 0 Å². The second kappa shape index (κ2) is 3.49. The molecule has 1 aromatic rings. The standard InChI is InChI=1S/C13H17N/c1-10-8-9-12-6-4-5-7-13(12)14(3)11(10)2/h4-7,10H,2,8-9H2,1,3H3. The van der Waals surface area contributed by atoms with Crippen molar-refractivity contribution in [1.29, 1.82) is 0 Å². The molecule has 2 rings (SSSR count). The number of rotatable bonds is 0. The average Bonchev–Trinajstić information content (AvgIpc) is 2.32. The molecule has 0 saturated heterocycles. The van der Waals surface area contributed by atoms with Gasteiger partial charge in [0.25, 0.3) is 0 Å². The Morgan fingerprint density at radius 2 is 2.07 bits per heavy atom. The molecule has 1 nitrogen and oxygen atoms in total. The zero-order valence-corrected chi connectivity index (χ0v) is 8.96. The molecule has 0 N–H and O–H groups in total. The van der Waals surface area contributed by atoms with Crippen LogP contribution in [0, 0.1) is 5.92 Å². The summed E-state index contributed by atoms with van der Waals surface area (Å²) in [6.07, 6.45) is 2.38. The first kappa shape index (κ1) is 9.32. The number of benzene rings is 1. The molecule has 74 valence electrons. The minimum absolute atomic E-state index is 0.590. The van der Waals surface area contributed by atoms with Gasteiger partial charge in [-0.1, -0.05) is 31.7 Å². The summed E-state index contributed by atoms with van der Waals surface area (Å²) in [5, 5.41) is 0. The zero-order chi connectivity index (χ0) is 10.1. The van der Waals surface area contributed by atoms with Gasteiger partial charge in [0.15, 0.2) is 0 Å². The van der Waals surface area contributed by atoms with Crippen molar-refractivity contribution >= 4 is 5.69 Å². The normalized spacial score (nSPS) is 21.7. The van der Waals surface area contributed by atoms with Crippen LogP contribution < -0.4 is 4.90 Å². The minimum Gasteiger partial charge on any atom is -0.348 e. The van der Waals surface area contributed by atoms with Gasteiger partial charge in [-0.3, -0.25) is 0 Å². The number of aryl methyl sites for hydroxylation is 1.